The Morgan fingerprint density at radius 1 is 1.09 bits per heavy atom. The molecule has 1 aromatic carbocycles. The molecule has 19 heteroatoms. The molecule has 2 aliphatic heterocycles. The highest BCUT2D eigenvalue weighted by Gasteiger charge is 2.49. The molecule has 0 spiro atoms. The lowest BCUT2D eigenvalue weighted by molar-refractivity contribution is -0.147. The maximum atomic E-state index is 14.7. The van der Waals surface area contributed by atoms with Crippen molar-refractivity contribution in [2.75, 3.05) is 19.8 Å². The molecular weight excluding hydrogens is 720 g/mol. The molecule has 3 aliphatic rings. The number of halogens is 2. The molecule has 3 fully saturated rings. The number of hydrogen-bond acceptors (Lipinski definition) is 11. The molecule has 3 atom stereocenters. The number of carbonyl (C=O) groups excluding carboxylic acids is 5. The fourth-order valence-electron chi connectivity index (χ4n) is 7.53. The van der Waals surface area contributed by atoms with E-state index in [4.69, 9.17) is 10.5 Å². The summed E-state index contributed by atoms with van der Waals surface area (Å²) < 4.78 is 59.0. The molecule has 16 nitrogen and oxygen atoms in total. The topological polar surface area (TPSA) is 233 Å². The number of primary amides is 1. The Balaban J connectivity index is 1.52. The lowest BCUT2D eigenvalue weighted by Gasteiger charge is -2.37. The second-order valence-corrected chi connectivity index (χ2v) is 16.3. The van der Waals surface area contributed by atoms with Crippen molar-refractivity contribution in [2.45, 2.75) is 112 Å². The number of benzene rings is 1. The van der Waals surface area contributed by atoms with Gasteiger partial charge in [-0.3, -0.25) is 24.0 Å². The summed E-state index contributed by atoms with van der Waals surface area (Å²) in [4.78, 5) is 68.3. The molecule has 3 heterocycles. The zero-order valence-corrected chi connectivity index (χ0v) is 30.3. The molecule has 2 saturated heterocycles. The molecule has 5 N–H and O–H groups in total. The highest BCUT2D eigenvalue weighted by molar-refractivity contribution is 7.91. The van der Waals surface area contributed by atoms with Crippen LogP contribution >= 0.6 is 0 Å². The number of sulfone groups is 1. The quantitative estimate of drug-likeness (QED) is 0.211. The molecule has 1 aromatic heterocycles. The number of ketones is 1. The second-order valence-electron chi connectivity index (χ2n) is 14.5. The van der Waals surface area contributed by atoms with E-state index < -0.39 is 84.7 Å². The number of nitrogens with two attached hydrogens (primary N) is 1. The third kappa shape index (κ3) is 8.56. The number of Topliss-reactive ketones (excluding diaryl/α,β-unsaturated/α-hetero) is 1. The van der Waals surface area contributed by atoms with Gasteiger partial charge in [0.25, 0.3) is 11.8 Å². The van der Waals surface area contributed by atoms with Gasteiger partial charge in [-0.05, 0) is 38.3 Å². The minimum atomic E-state index is -5.20. The average Bonchev–Trinajstić information content (AvgIpc) is 3.80. The van der Waals surface area contributed by atoms with Crippen LogP contribution in [0.5, 0.6) is 0 Å². The van der Waals surface area contributed by atoms with Crippen LogP contribution in [-0.2, 0) is 39.4 Å². The monoisotopic (exact) mass is 765 g/mol. The molecule has 53 heavy (non-hydrogen) atoms. The van der Waals surface area contributed by atoms with Crippen LogP contribution in [0.4, 0.5) is 8.78 Å². The van der Waals surface area contributed by atoms with Gasteiger partial charge in [0.05, 0.1) is 28.4 Å². The number of aliphatic hydroxyl groups is 1. The molecular formula is C34H45F2N7O9S. The lowest BCUT2D eigenvalue weighted by Crippen LogP contribution is -2.64. The maximum absolute atomic E-state index is 14.7. The fraction of sp³-hybridized carbons (Fsp3) is 0.618. The van der Waals surface area contributed by atoms with Gasteiger partial charge in [-0.1, -0.05) is 49.5 Å². The first-order valence-electron chi connectivity index (χ1n) is 17.6. The largest absolute Gasteiger partial charge is 0.384 e. The van der Waals surface area contributed by atoms with E-state index in [1.165, 1.54) is 41.8 Å². The molecule has 2 aromatic rings. The van der Waals surface area contributed by atoms with Crippen molar-refractivity contribution in [1.82, 2.24) is 30.5 Å². The van der Waals surface area contributed by atoms with Crippen molar-refractivity contribution in [3.63, 3.8) is 0 Å². The molecule has 4 amide bonds. The van der Waals surface area contributed by atoms with Gasteiger partial charge in [0.15, 0.2) is 0 Å². The van der Waals surface area contributed by atoms with E-state index in [9.17, 15) is 46.3 Å². The summed E-state index contributed by atoms with van der Waals surface area (Å²) in [5, 5.41) is 24.2. The zero-order chi connectivity index (χ0) is 38.7. The highest BCUT2D eigenvalue weighted by Crippen LogP contribution is 2.35. The summed E-state index contributed by atoms with van der Waals surface area (Å²) in [6.07, 6.45) is 5.44. The number of amides is 4. The van der Waals surface area contributed by atoms with Gasteiger partial charge in [-0.2, -0.15) is 8.78 Å². The number of nitrogens with zero attached hydrogens (tertiary/aromatic N) is 4. The predicted molar refractivity (Wildman–Crippen MR) is 182 cm³/mol. The number of aromatic nitrogens is 3. The van der Waals surface area contributed by atoms with E-state index >= 15 is 0 Å². The molecule has 1 aliphatic carbocycles. The molecule has 290 valence electrons. The standard InChI is InChI=1S/C34H45F2N7O9S/c1-33(2,49)26-18-38-41-43(26)21-17-24(30(47)40-34(27(44)28(37)45)12-14-52-15-13-34)42(19-21)31(48)23(16-20-8-4-3-5-9-20)39-29(46)22-10-6-7-11-25(22)53(50,51)32(35)36/h6-7,10-11,18,20-21,23-24,32,49H,3-5,8-9,12-17,19H2,1-2H3,(H2,37,45)(H,39,46)(H,40,47)/t21-,23?,24-/m0/s1. The van der Waals surface area contributed by atoms with Gasteiger partial charge in [0.1, 0.15) is 23.2 Å². The SMILES string of the molecule is CC(C)(O)c1cnnn1[C@H]1C[C@@H](C(=O)NC2(C(=O)C(N)=O)CCOCC2)N(C(=O)C(CC2CCCCC2)NC(=O)c2ccccc2S(=O)(=O)C(F)F)C1. The molecule has 5 rings (SSSR count). The summed E-state index contributed by atoms with van der Waals surface area (Å²) in [5.74, 6) is -8.73. The van der Waals surface area contributed by atoms with Crippen molar-refractivity contribution in [2.24, 2.45) is 11.7 Å². The summed E-state index contributed by atoms with van der Waals surface area (Å²) >= 11 is 0. The lowest BCUT2D eigenvalue weighted by atomic mass is 9.84. The van der Waals surface area contributed by atoms with E-state index in [1.807, 2.05) is 0 Å². The first kappa shape index (κ1) is 39.8. The summed E-state index contributed by atoms with van der Waals surface area (Å²) in [6.45, 7) is 2.94. The van der Waals surface area contributed by atoms with E-state index in [0.717, 1.165) is 44.2 Å². The minimum Gasteiger partial charge on any atom is -0.384 e. The average molecular weight is 766 g/mol. The van der Waals surface area contributed by atoms with E-state index in [2.05, 4.69) is 20.9 Å². The highest BCUT2D eigenvalue weighted by atomic mass is 32.2. The van der Waals surface area contributed by atoms with Crippen LogP contribution in [-0.4, -0.2) is 106 Å². The van der Waals surface area contributed by atoms with Crippen molar-refractivity contribution < 1.29 is 51.0 Å². The Hall–Kier alpha value is -4.36. The predicted octanol–water partition coefficient (Wildman–Crippen LogP) is 1.13. The van der Waals surface area contributed by atoms with E-state index in [-0.39, 0.29) is 57.1 Å². The van der Waals surface area contributed by atoms with Crippen LogP contribution in [0.2, 0.25) is 0 Å². The Morgan fingerprint density at radius 2 is 1.75 bits per heavy atom. The summed E-state index contributed by atoms with van der Waals surface area (Å²) in [6, 6.07) is 1.09. The number of alkyl halides is 2. The fourth-order valence-corrected chi connectivity index (χ4v) is 8.46. The number of hydrogen-bond donors (Lipinski definition) is 4. The Bertz CT molecular complexity index is 1820. The molecule has 0 bridgehead atoms. The first-order chi connectivity index (χ1) is 25.0. The van der Waals surface area contributed by atoms with Gasteiger partial charge in [0.2, 0.25) is 27.4 Å². The van der Waals surface area contributed by atoms with Crippen LogP contribution in [0.1, 0.15) is 93.7 Å². The minimum absolute atomic E-state index is 0.0421. The second kappa shape index (κ2) is 15.9. The van der Waals surface area contributed by atoms with Gasteiger partial charge in [0, 0.05) is 39.0 Å². The number of rotatable bonds is 13. The number of ether oxygens (including phenoxy) is 1. The van der Waals surface area contributed by atoms with Crippen LogP contribution in [0, 0.1) is 5.92 Å². The summed E-state index contributed by atoms with van der Waals surface area (Å²) in [7, 11) is -5.20. The van der Waals surface area contributed by atoms with Crippen LogP contribution in [0.25, 0.3) is 0 Å². The van der Waals surface area contributed by atoms with Crippen molar-refractivity contribution in [3.8, 4) is 0 Å². The number of carbonyl (C=O) groups is 5. The molecule has 0 radical (unpaired) electrons. The number of nitrogens with one attached hydrogen (secondary N) is 2. The summed E-state index contributed by atoms with van der Waals surface area (Å²) in [5.41, 5.74) is 1.95. The molecule has 1 saturated carbocycles. The van der Waals surface area contributed by atoms with Gasteiger partial charge < -0.3 is 31.1 Å². The van der Waals surface area contributed by atoms with Gasteiger partial charge in [-0.25, -0.2) is 13.1 Å². The van der Waals surface area contributed by atoms with Crippen molar-refractivity contribution >= 4 is 39.2 Å². The Labute approximate surface area is 305 Å². The van der Waals surface area contributed by atoms with Crippen molar-refractivity contribution in [3.05, 3.63) is 41.7 Å². The maximum Gasteiger partial charge on any atom is 0.341 e. The van der Waals surface area contributed by atoms with E-state index in [0.29, 0.717) is 0 Å². The van der Waals surface area contributed by atoms with Crippen molar-refractivity contribution in [1.29, 1.82) is 0 Å². The normalized spacial score (nSPS) is 21.6. The third-order valence-electron chi connectivity index (χ3n) is 10.3. The van der Waals surface area contributed by atoms with Gasteiger partial charge >= 0.3 is 5.76 Å². The Kier molecular flexibility index (Phi) is 12.0. The zero-order valence-electron chi connectivity index (χ0n) is 29.5. The van der Waals surface area contributed by atoms with Crippen LogP contribution in [0.3, 0.4) is 0 Å². The molecule has 1 unspecified atom stereocenters. The van der Waals surface area contributed by atoms with Gasteiger partial charge in [-0.15, -0.1) is 5.10 Å². The van der Waals surface area contributed by atoms with E-state index in [1.54, 1.807) is 0 Å². The smallest absolute Gasteiger partial charge is 0.341 e. The van der Waals surface area contributed by atoms with Crippen LogP contribution in [0.15, 0.2) is 35.4 Å². The third-order valence-corrected chi connectivity index (χ3v) is 11.8. The first-order valence-corrected chi connectivity index (χ1v) is 19.1. The Morgan fingerprint density at radius 3 is 2.38 bits per heavy atom. The van der Waals surface area contributed by atoms with Crippen LogP contribution < -0.4 is 16.4 Å². The number of likely N-dealkylation sites (tertiary alicyclic amines) is 1.